The van der Waals surface area contributed by atoms with Crippen LogP contribution in [0, 0.1) is 12.7 Å². The summed E-state index contributed by atoms with van der Waals surface area (Å²) in [6.07, 6.45) is 3.98. The molecule has 0 aromatic heterocycles. The molecule has 2 aliphatic rings. The molecule has 1 amide bonds. The van der Waals surface area contributed by atoms with Gasteiger partial charge in [0, 0.05) is 20.1 Å². The Balaban J connectivity index is 1.85. The number of amides is 1. The third-order valence-corrected chi connectivity index (χ3v) is 4.93. The summed E-state index contributed by atoms with van der Waals surface area (Å²) in [5.74, 6) is 0.0599. The van der Waals surface area contributed by atoms with Crippen LogP contribution in [0.15, 0.2) is 18.2 Å². The predicted octanol–water partition coefficient (Wildman–Crippen LogP) is 2.72. The number of carbonyl (C=O) groups excluding carboxylic acids is 1. The molecule has 0 radical (unpaired) electrons. The van der Waals surface area contributed by atoms with E-state index in [2.05, 4.69) is 4.90 Å². The molecular formula is C17H23FN2O. The van der Waals surface area contributed by atoms with Gasteiger partial charge >= 0.3 is 0 Å². The van der Waals surface area contributed by atoms with E-state index < -0.39 is 0 Å². The van der Waals surface area contributed by atoms with E-state index in [-0.39, 0.29) is 17.3 Å². The summed E-state index contributed by atoms with van der Waals surface area (Å²) in [7, 11) is 1.89. The van der Waals surface area contributed by atoms with Crippen molar-refractivity contribution in [3.63, 3.8) is 0 Å². The average molecular weight is 290 g/mol. The third kappa shape index (κ3) is 2.57. The van der Waals surface area contributed by atoms with Crippen LogP contribution in [-0.2, 0) is 11.3 Å². The maximum absolute atomic E-state index is 13.6. The zero-order valence-electron chi connectivity index (χ0n) is 12.9. The summed E-state index contributed by atoms with van der Waals surface area (Å²) in [5, 5.41) is 0. The number of nitrogens with zero attached hydrogens (tertiary/aromatic N) is 2. The van der Waals surface area contributed by atoms with Crippen molar-refractivity contribution in [2.45, 2.75) is 44.7 Å². The van der Waals surface area contributed by atoms with Crippen LogP contribution in [0.2, 0.25) is 0 Å². The number of piperidine rings is 1. The Hall–Kier alpha value is -1.42. The molecule has 2 aliphatic heterocycles. The molecule has 2 heterocycles. The lowest BCUT2D eigenvalue weighted by atomic mass is 9.85. The summed E-state index contributed by atoms with van der Waals surface area (Å²) in [5.41, 5.74) is 1.56. The fraction of sp³-hybridized carbons (Fsp3) is 0.588. The van der Waals surface area contributed by atoms with Gasteiger partial charge in [-0.25, -0.2) is 4.39 Å². The van der Waals surface area contributed by atoms with Gasteiger partial charge in [-0.2, -0.15) is 0 Å². The van der Waals surface area contributed by atoms with E-state index in [0.29, 0.717) is 6.54 Å². The second-order valence-electron chi connectivity index (χ2n) is 6.52. The average Bonchev–Trinajstić information content (AvgIpc) is 2.79. The highest BCUT2D eigenvalue weighted by Crippen LogP contribution is 2.38. The second kappa shape index (κ2) is 5.41. The lowest BCUT2D eigenvalue weighted by Gasteiger charge is -2.43. The number of likely N-dealkylation sites (tertiary alicyclic amines) is 2. The van der Waals surface area contributed by atoms with Gasteiger partial charge in [-0.15, -0.1) is 0 Å². The van der Waals surface area contributed by atoms with E-state index in [0.717, 1.165) is 49.9 Å². The SMILES string of the molecule is Cc1cc(F)cc(CN2CCCC23CCCN(C)C3=O)c1. The van der Waals surface area contributed by atoms with Crippen molar-refractivity contribution in [1.29, 1.82) is 0 Å². The molecule has 0 N–H and O–H groups in total. The van der Waals surface area contributed by atoms with E-state index in [4.69, 9.17) is 0 Å². The van der Waals surface area contributed by atoms with Gasteiger partial charge in [0.15, 0.2) is 0 Å². The Morgan fingerprint density at radius 3 is 2.62 bits per heavy atom. The maximum Gasteiger partial charge on any atom is 0.242 e. The van der Waals surface area contributed by atoms with Gasteiger partial charge in [0.05, 0.1) is 0 Å². The number of halogens is 1. The quantitative estimate of drug-likeness (QED) is 0.836. The molecule has 4 heteroatoms. The summed E-state index contributed by atoms with van der Waals surface area (Å²) >= 11 is 0. The summed E-state index contributed by atoms with van der Waals surface area (Å²) < 4.78 is 13.6. The normalized spacial score (nSPS) is 26.8. The molecule has 2 saturated heterocycles. The van der Waals surface area contributed by atoms with Crippen LogP contribution < -0.4 is 0 Å². The first-order valence-corrected chi connectivity index (χ1v) is 7.78. The van der Waals surface area contributed by atoms with Crippen LogP contribution in [-0.4, -0.2) is 41.4 Å². The van der Waals surface area contributed by atoms with Gasteiger partial charge in [0.25, 0.3) is 0 Å². The molecular weight excluding hydrogens is 267 g/mol. The summed E-state index contributed by atoms with van der Waals surface area (Å²) in [6.45, 7) is 4.35. The second-order valence-corrected chi connectivity index (χ2v) is 6.52. The van der Waals surface area contributed by atoms with Gasteiger partial charge in [-0.3, -0.25) is 9.69 Å². The minimum Gasteiger partial charge on any atom is -0.344 e. The monoisotopic (exact) mass is 290 g/mol. The molecule has 2 fully saturated rings. The molecule has 3 rings (SSSR count). The van der Waals surface area contributed by atoms with Crippen molar-refractivity contribution in [3.05, 3.63) is 35.1 Å². The Bertz CT molecular complexity index is 539. The predicted molar refractivity (Wildman–Crippen MR) is 80.4 cm³/mol. The number of rotatable bonds is 2. The van der Waals surface area contributed by atoms with Gasteiger partial charge < -0.3 is 4.90 Å². The van der Waals surface area contributed by atoms with Gasteiger partial charge in [0.2, 0.25) is 5.91 Å². The molecule has 0 aliphatic carbocycles. The number of carbonyl (C=O) groups is 1. The van der Waals surface area contributed by atoms with E-state index in [1.54, 1.807) is 12.1 Å². The number of benzene rings is 1. The fourth-order valence-electron chi connectivity index (χ4n) is 3.99. The minimum atomic E-state index is -0.340. The molecule has 3 nitrogen and oxygen atoms in total. The van der Waals surface area contributed by atoms with E-state index in [1.165, 1.54) is 0 Å². The van der Waals surface area contributed by atoms with E-state index in [9.17, 15) is 9.18 Å². The molecule has 21 heavy (non-hydrogen) atoms. The Morgan fingerprint density at radius 2 is 1.90 bits per heavy atom. The lowest BCUT2D eigenvalue weighted by molar-refractivity contribution is -0.146. The van der Waals surface area contributed by atoms with Crippen LogP contribution in [0.25, 0.3) is 0 Å². The van der Waals surface area contributed by atoms with Crippen LogP contribution in [0.4, 0.5) is 4.39 Å². The Labute approximate surface area is 125 Å². The topological polar surface area (TPSA) is 23.6 Å². The highest BCUT2D eigenvalue weighted by Gasteiger charge is 2.49. The lowest BCUT2D eigenvalue weighted by Crippen LogP contribution is -2.58. The van der Waals surface area contributed by atoms with Crippen LogP contribution >= 0.6 is 0 Å². The van der Waals surface area contributed by atoms with Crippen molar-refractivity contribution < 1.29 is 9.18 Å². The van der Waals surface area contributed by atoms with Crippen molar-refractivity contribution >= 4 is 5.91 Å². The van der Waals surface area contributed by atoms with Crippen molar-refractivity contribution in [3.8, 4) is 0 Å². The van der Waals surface area contributed by atoms with Gasteiger partial charge in [-0.05, 0) is 62.4 Å². The molecule has 0 saturated carbocycles. The van der Waals surface area contributed by atoms with Crippen molar-refractivity contribution in [1.82, 2.24) is 9.80 Å². The third-order valence-electron chi connectivity index (χ3n) is 4.93. The molecule has 1 aromatic carbocycles. The molecule has 114 valence electrons. The highest BCUT2D eigenvalue weighted by atomic mass is 19.1. The molecule has 1 unspecified atom stereocenters. The van der Waals surface area contributed by atoms with Crippen molar-refractivity contribution in [2.24, 2.45) is 0 Å². The van der Waals surface area contributed by atoms with Gasteiger partial charge in [-0.1, -0.05) is 6.07 Å². The van der Waals surface area contributed by atoms with Gasteiger partial charge in [0.1, 0.15) is 11.4 Å². The molecule has 0 bridgehead atoms. The summed E-state index contributed by atoms with van der Waals surface area (Å²) in [6, 6.07) is 5.16. The first-order chi connectivity index (χ1) is 10.0. The van der Waals surface area contributed by atoms with Crippen LogP contribution in [0.5, 0.6) is 0 Å². The Morgan fingerprint density at radius 1 is 1.19 bits per heavy atom. The van der Waals surface area contributed by atoms with Crippen LogP contribution in [0.3, 0.4) is 0 Å². The van der Waals surface area contributed by atoms with Crippen molar-refractivity contribution in [2.75, 3.05) is 20.1 Å². The zero-order valence-corrected chi connectivity index (χ0v) is 12.9. The van der Waals surface area contributed by atoms with Crippen LogP contribution in [0.1, 0.15) is 36.8 Å². The summed E-state index contributed by atoms with van der Waals surface area (Å²) in [4.78, 5) is 16.8. The molecule has 1 spiro atoms. The molecule has 1 atom stereocenters. The largest absolute Gasteiger partial charge is 0.344 e. The zero-order chi connectivity index (χ0) is 15.0. The maximum atomic E-state index is 13.6. The first kappa shape index (κ1) is 14.5. The number of hydrogen-bond acceptors (Lipinski definition) is 2. The Kier molecular flexibility index (Phi) is 3.74. The number of likely N-dealkylation sites (N-methyl/N-ethyl adjacent to an activating group) is 1. The fourth-order valence-corrected chi connectivity index (χ4v) is 3.99. The van der Waals surface area contributed by atoms with E-state index in [1.807, 2.05) is 24.9 Å². The number of aryl methyl sites for hydroxylation is 1. The molecule has 1 aromatic rings. The standard InChI is InChI=1S/C17H23FN2O/c1-13-9-14(11-15(18)10-13)12-20-8-4-6-17(20)5-3-7-19(2)16(17)21/h9-11H,3-8,12H2,1-2H3. The highest BCUT2D eigenvalue weighted by molar-refractivity contribution is 5.87. The minimum absolute atomic E-state index is 0.190. The number of hydrogen-bond donors (Lipinski definition) is 0. The van der Waals surface area contributed by atoms with E-state index >= 15 is 0 Å². The first-order valence-electron chi connectivity index (χ1n) is 7.78. The smallest absolute Gasteiger partial charge is 0.242 e.